The fourth-order valence-electron chi connectivity index (χ4n) is 1.15. The zero-order valence-electron chi connectivity index (χ0n) is 7.34. The van der Waals surface area contributed by atoms with Gasteiger partial charge in [-0.3, -0.25) is 0 Å². The standard InChI is InChI=1S/C10H12Cl2Si/c1-2-9-4-3-5-10(8-9)6-7-13(11)12/h2-5,8,13H,1,6-7H2. The molecule has 0 N–H and O–H groups in total. The minimum Gasteiger partial charge on any atom is -0.150 e. The molecule has 0 bridgehead atoms. The van der Waals surface area contributed by atoms with Gasteiger partial charge in [0.15, 0.2) is 0 Å². The van der Waals surface area contributed by atoms with Crippen LogP contribution in [0.4, 0.5) is 0 Å². The van der Waals surface area contributed by atoms with Crippen LogP contribution in [0, 0.1) is 0 Å². The highest BCUT2D eigenvalue weighted by molar-refractivity contribution is 7.33. The number of halogens is 2. The molecular weight excluding hydrogens is 219 g/mol. The summed E-state index contributed by atoms with van der Waals surface area (Å²) in [6.45, 7) is 3.72. The number of hydrogen-bond acceptors (Lipinski definition) is 0. The van der Waals surface area contributed by atoms with E-state index in [4.69, 9.17) is 22.2 Å². The quantitative estimate of drug-likeness (QED) is 0.549. The average Bonchev–Trinajstić information content (AvgIpc) is 2.15. The lowest BCUT2D eigenvalue weighted by molar-refractivity contribution is 1.13. The normalized spacial score (nSPS) is 10.4. The fourth-order valence-corrected chi connectivity index (χ4v) is 2.36. The maximum Gasteiger partial charge on any atom is 0.237 e. The third-order valence-corrected chi connectivity index (χ3v) is 3.87. The minimum atomic E-state index is -1.45. The number of aryl methyl sites for hydroxylation is 1. The Bertz CT molecular complexity index is 284. The van der Waals surface area contributed by atoms with Crippen LogP contribution < -0.4 is 0 Å². The van der Waals surface area contributed by atoms with E-state index < -0.39 is 7.42 Å². The van der Waals surface area contributed by atoms with E-state index in [1.165, 1.54) is 5.56 Å². The maximum atomic E-state index is 5.79. The second-order valence-corrected chi connectivity index (χ2v) is 8.07. The van der Waals surface area contributed by atoms with Crippen LogP contribution in [0.25, 0.3) is 6.08 Å². The van der Waals surface area contributed by atoms with Crippen LogP contribution >= 0.6 is 22.2 Å². The van der Waals surface area contributed by atoms with E-state index in [-0.39, 0.29) is 0 Å². The molecule has 0 saturated carbocycles. The second kappa shape index (κ2) is 5.48. The topological polar surface area (TPSA) is 0 Å². The van der Waals surface area contributed by atoms with Gasteiger partial charge in [-0.1, -0.05) is 36.9 Å². The predicted molar refractivity (Wildman–Crippen MR) is 63.9 cm³/mol. The van der Waals surface area contributed by atoms with Gasteiger partial charge >= 0.3 is 0 Å². The summed E-state index contributed by atoms with van der Waals surface area (Å²) in [6.07, 6.45) is 2.82. The Morgan fingerprint density at radius 1 is 1.38 bits per heavy atom. The van der Waals surface area contributed by atoms with Crippen LogP contribution in [-0.2, 0) is 6.42 Å². The molecule has 1 aromatic rings. The van der Waals surface area contributed by atoms with E-state index in [9.17, 15) is 0 Å². The summed E-state index contributed by atoms with van der Waals surface area (Å²) >= 11 is 11.6. The van der Waals surface area contributed by atoms with Crippen molar-refractivity contribution in [1.29, 1.82) is 0 Å². The summed E-state index contributed by atoms with van der Waals surface area (Å²) in [6, 6.07) is 9.22. The third-order valence-electron chi connectivity index (χ3n) is 1.84. The third kappa shape index (κ3) is 3.99. The van der Waals surface area contributed by atoms with Crippen LogP contribution in [0.5, 0.6) is 0 Å². The van der Waals surface area contributed by atoms with Gasteiger partial charge in [-0.15, -0.1) is 0 Å². The Balaban J connectivity index is 2.61. The summed E-state index contributed by atoms with van der Waals surface area (Å²) in [7, 11) is -1.45. The van der Waals surface area contributed by atoms with Gasteiger partial charge in [0, 0.05) is 0 Å². The zero-order chi connectivity index (χ0) is 9.68. The largest absolute Gasteiger partial charge is 0.237 e. The van der Waals surface area contributed by atoms with Gasteiger partial charge in [0.05, 0.1) is 0 Å². The molecule has 0 nitrogen and oxygen atoms in total. The summed E-state index contributed by atoms with van der Waals surface area (Å²) in [5.41, 5.74) is 2.44. The van der Waals surface area contributed by atoms with E-state index in [0.29, 0.717) is 0 Å². The van der Waals surface area contributed by atoms with Crippen molar-refractivity contribution in [1.82, 2.24) is 0 Å². The van der Waals surface area contributed by atoms with Crippen molar-refractivity contribution in [2.75, 3.05) is 0 Å². The van der Waals surface area contributed by atoms with Crippen molar-refractivity contribution < 1.29 is 0 Å². The first-order valence-corrected chi connectivity index (χ1v) is 8.52. The van der Waals surface area contributed by atoms with E-state index in [1.807, 2.05) is 18.2 Å². The molecule has 0 aliphatic carbocycles. The Labute approximate surface area is 90.2 Å². The van der Waals surface area contributed by atoms with Crippen LogP contribution in [0.15, 0.2) is 30.8 Å². The van der Waals surface area contributed by atoms with Crippen LogP contribution in [0.3, 0.4) is 0 Å². The summed E-state index contributed by atoms with van der Waals surface area (Å²) in [5.74, 6) is 0. The van der Waals surface area contributed by atoms with Gasteiger partial charge in [0.2, 0.25) is 7.42 Å². The molecule has 0 fully saturated rings. The van der Waals surface area contributed by atoms with E-state index in [0.717, 1.165) is 18.0 Å². The lowest BCUT2D eigenvalue weighted by atomic mass is 10.1. The lowest BCUT2D eigenvalue weighted by Crippen LogP contribution is -1.95. The molecule has 13 heavy (non-hydrogen) atoms. The van der Waals surface area contributed by atoms with E-state index in [1.54, 1.807) is 0 Å². The Hall–Kier alpha value is -0.243. The molecule has 0 spiro atoms. The summed E-state index contributed by atoms with van der Waals surface area (Å²) in [4.78, 5) is 0. The molecule has 0 radical (unpaired) electrons. The number of benzene rings is 1. The average molecular weight is 231 g/mol. The first-order chi connectivity index (χ1) is 6.22. The minimum absolute atomic E-state index is 0.934. The molecule has 3 heteroatoms. The van der Waals surface area contributed by atoms with Crippen molar-refractivity contribution in [3.05, 3.63) is 42.0 Å². The first-order valence-electron chi connectivity index (χ1n) is 4.22. The van der Waals surface area contributed by atoms with Crippen molar-refractivity contribution in [2.45, 2.75) is 12.5 Å². The Kier molecular flexibility index (Phi) is 4.57. The van der Waals surface area contributed by atoms with Crippen LogP contribution in [0.1, 0.15) is 11.1 Å². The molecule has 0 atom stereocenters. The zero-order valence-corrected chi connectivity index (χ0v) is 10.0. The molecule has 0 amide bonds. The van der Waals surface area contributed by atoms with Crippen LogP contribution in [-0.4, -0.2) is 7.42 Å². The Morgan fingerprint density at radius 3 is 2.77 bits per heavy atom. The highest BCUT2D eigenvalue weighted by atomic mass is 35.7. The maximum absolute atomic E-state index is 5.79. The molecule has 1 rings (SSSR count). The van der Waals surface area contributed by atoms with Crippen molar-refractivity contribution in [2.24, 2.45) is 0 Å². The first kappa shape index (κ1) is 10.8. The van der Waals surface area contributed by atoms with E-state index >= 15 is 0 Å². The SMILES string of the molecule is C=Cc1cccc(CC[SiH](Cl)Cl)c1. The molecule has 0 aromatic heterocycles. The van der Waals surface area contributed by atoms with Gasteiger partial charge in [-0.2, -0.15) is 22.2 Å². The molecule has 0 saturated heterocycles. The van der Waals surface area contributed by atoms with Gasteiger partial charge in [-0.25, -0.2) is 0 Å². The highest BCUT2D eigenvalue weighted by Gasteiger charge is 2.02. The van der Waals surface area contributed by atoms with Gasteiger partial charge in [-0.05, 0) is 23.6 Å². The molecule has 1 aromatic carbocycles. The lowest BCUT2D eigenvalue weighted by Gasteiger charge is -2.01. The highest BCUT2D eigenvalue weighted by Crippen LogP contribution is 2.12. The number of rotatable bonds is 4. The van der Waals surface area contributed by atoms with Crippen molar-refractivity contribution >= 4 is 35.7 Å². The van der Waals surface area contributed by atoms with Crippen molar-refractivity contribution in [3.8, 4) is 0 Å². The Morgan fingerprint density at radius 2 is 2.15 bits per heavy atom. The fraction of sp³-hybridized carbons (Fsp3) is 0.200. The molecule has 0 heterocycles. The molecule has 70 valence electrons. The van der Waals surface area contributed by atoms with Crippen molar-refractivity contribution in [3.63, 3.8) is 0 Å². The van der Waals surface area contributed by atoms with E-state index in [2.05, 4.69) is 18.7 Å². The molecule has 0 aliphatic rings. The summed E-state index contributed by atoms with van der Waals surface area (Å²) in [5, 5.41) is 0. The molecular formula is C10H12Cl2Si. The summed E-state index contributed by atoms with van der Waals surface area (Å²) < 4.78 is 0. The predicted octanol–water partition coefficient (Wildman–Crippen LogP) is 3.57. The number of hydrogen-bond donors (Lipinski definition) is 0. The monoisotopic (exact) mass is 230 g/mol. The van der Waals surface area contributed by atoms with Gasteiger partial charge in [0.1, 0.15) is 0 Å². The molecule has 0 aliphatic heterocycles. The van der Waals surface area contributed by atoms with Gasteiger partial charge in [0.25, 0.3) is 0 Å². The smallest absolute Gasteiger partial charge is 0.150 e. The second-order valence-electron chi connectivity index (χ2n) is 2.88. The molecule has 0 unspecified atom stereocenters. The van der Waals surface area contributed by atoms with Crippen LogP contribution in [0.2, 0.25) is 6.04 Å². The van der Waals surface area contributed by atoms with Gasteiger partial charge < -0.3 is 0 Å².